The quantitative estimate of drug-likeness (QED) is 0.516. The maximum atomic E-state index is 7.50. The molecule has 0 aliphatic rings. The van der Waals surface area contributed by atoms with E-state index in [9.17, 15) is 0 Å². The van der Waals surface area contributed by atoms with Crippen molar-refractivity contribution in [2.24, 2.45) is 0 Å². The van der Waals surface area contributed by atoms with Gasteiger partial charge < -0.3 is 0 Å². The van der Waals surface area contributed by atoms with Crippen molar-refractivity contribution in [3.05, 3.63) is 82.4 Å². The zero-order valence-corrected chi connectivity index (χ0v) is 12.9. The van der Waals surface area contributed by atoms with Crippen molar-refractivity contribution < 1.29 is 61.5 Å². The fourth-order valence-electron chi connectivity index (χ4n) is 0.589. The number of hydrogen-bond donors (Lipinski definition) is 0. The molecule has 0 saturated heterocycles. The second kappa shape index (κ2) is 120. The van der Waals surface area contributed by atoms with Gasteiger partial charge in [-0.2, -0.15) is 0 Å². The Balaban J connectivity index is -0.0000000203. The van der Waals surface area contributed by atoms with E-state index in [0.29, 0.717) is 0 Å². The summed E-state index contributed by atoms with van der Waals surface area (Å²) in [6.07, 6.45) is 1.83. The average Bonchev–Trinajstić information content (AvgIpc) is 2.66. The van der Waals surface area contributed by atoms with Gasteiger partial charge in [-0.25, -0.2) is 0 Å². The van der Waals surface area contributed by atoms with E-state index in [0.717, 1.165) is 0 Å². The fourth-order valence-corrected chi connectivity index (χ4v) is 0.589. The summed E-state index contributed by atoms with van der Waals surface area (Å²) in [5.41, 5.74) is 1.17. The topological polar surface area (TPSA) is 119 Å². The molecule has 1 rings (SSSR count). The van der Waals surface area contributed by atoms with E-state index in [1.54, 1.807) is 0 Å². The molecule has 118 valence electrons. The van der Waals surface area contributed by atoms with Gasteiger partial charge in [0.1, 0.15) is 0 Å². The largest absolute Gasteiger partial charge is 0 e. The van der Waals surface area contributed by atoms with Crippen LogP contribution in [-0.4, -0.2) is 0 Å². The zero-order chi connectivity index (χ0) is 17.8. The molecule has 2 radical (unpaired) electrons. The van der Waals surface area contributed by atoms with E-state index in [2.05, 4.69) is 46.5 Å². The Morgan fingerprint density at radius 2 is 0.818 bits per heavy atom. The minimum Gasteiger partial charge on any atom is 0 e. The molecule has 0 fully saturated rings. The molecule has 0 atom stereocenters. The molecule has 0 aliphatic heterocycles. The Morgan fingerprint density at radius 1 is 0.591 bits per heavy atom. The van der Waals surface area contributed by atoms with Gasteiger partial charge in [0.25, 0.3) is 0 Å². The molecular weight excluding hydrogens is 382 g/mol. The third kappa shape index (κ3) is 78.9. The first-order valence-corrected chi connectivity index (χ1v) is 3.83. The smallest absolute Gasteiger partial charge is 0 e. The summed E-state index contributed by atoms with van der Waals surface area (Å²) < 4.78 is 45.0. The second-order valence-corrected chi connectivity index (χ2v) is 1.61. The van der Waals surface area contributed by atoms with Crippen LogP contribution in [0.4, 0.5) is 0 Å². The number of rotatable bonds is 1. The van der Waals surface area contributed by atoms with Crippen LogP contribution in [0.3, 0.4) is 0 Å². The molecule has 1 aromatic rings. The van der Waals surface area contributed by atoms with Crippen molar-refractivity contribution in [1.29, 1.82) is 0 Å². The molecule has 0 aliphatic carbocycles. The Bertz CT molecular complexity index is 344. The van der Waals surface area contributed by atoms with Gasteiger partial charge in [-0.1, -0.05) is 43.0 Å². The van der Waals surface area contributed by atoms with Crippen LogP contribution in [0.5, 0.6) is 0 Å². The summed E-state index contributed by atoms with van der Waals surface area (Å²) in [6.45, 7) is 30.6. The average molecular weight is 390 g/mol. The van der Waals surface area contributed by atoms with Crippen LogP contribution >= 0.6 is 0 Å². The minimum absolute atomic E-state index is 0. The Kier molecular flexibility index (Phi) is 272. The summed E-state index contributed by atoms with van der Waals surface area (Å²) in [6, 6.07) is 10.0. The predicted octanol–water partition coefficient (Wildman–Crippen LogP) is 2.10. The number of hydrogen-bond acceptors (Lipinski definition) is 0. The fraction of sp³-hybridized carbons (Fsp3) is 0. The summed E-state index contributed by atoms with van der Waals surface area (Å²) in [5, 5.41) is 0. The first kappa shape index (κ1) is 49.9. The SMILES string of the molecule is C=Cc1ccccc1.[C-]#[O+].[C-]#[O+].[C-]#[O+].[C-]#[O+].[C-]#[O+].[C-]#[O+].[Co].[Co]. The van der Waals surface area contributed by atoms with Crippen molar-refractivity contribution >= 4 is 6.08 Å². The third-order valence-corrected chi connectivity index (χ3v) is 1.04. The molecular formula is C14H8Co2O6. The molecule has 0 N–H and O–H groups in total. The molecule has 0 bridgehead atoms. The normalized spacial score (nSPS) is 3.64. The molecule has 1 aromatic carbocycles. The molecule has 0 amide bonds. The zero-order valence-electron chi connectivity index (χ0n) is 10.8. The molecule has 0 heterocycles. The minimum atomic E-state index is 0. The first-order chi connectivity index (χ1) is 9.93. The van der Waals surface area contributed by atoms with E-state index in [1.807, 2.05) is 36.4 Å². The predicted molar refractivity (Wildman–Crippen MR) is 60.1 cm³/mol. The van der Waals surface area contributed by atoms with Gasteiger partial charge in [-0.15, -0.1) is 0 Å². The summed E-state index contributed by atoms with van der Waals surface area (Å²) in [4.78, 5) is 0. The summed E-state index contributed by atoms with van der Waals surface area (Å²) in [7, 11) is 0. The third-order valence-electron chi connectivity index (χ3n) is 1.04. The van der Waals surface area contributed by atoms with Gasteiger partial charge in [0.15, 0.2) is 0 Å². The van der Waals surface area contributed by atoms with Crippen LogP contribution in [0.25, 0.3) is 6.08 Å². The molecule has 0 aromatic heterocycles. The van der Waals surface area contributed by atoms with Gasteiger partial charge in [-0.3, -0.25) is 0 Å². The van der Waals surface area contributed by atoms with E-state index in [1.165, 1.54) is 5.56 Å². The van der Waals surface area contributed by atoms with Crippen LogP contribution in [0.15, 0.2) is 36.9 Å². The second-order valence-electron chi connectivity index (χ2n) is 1.61. The van der Waals surface area contributed by atoms with Crippen LogP contribution in [-0.2, 0) is 61.5 Å². The molecule has 6 nitrogen and oxygen atoms in total. The van der Waals surface area contributed by atoms with Crippen molar-refractivity contribution in [2.45, 2.75) is 0 Å². The van der Waals surface area contributed by atoms with E-state index in [-0.39, 0.29) is 33.6 Å². The number of benzene rings is 1. The van der Waals surface area contributed by atoms with Crippen molar-refractivity contribution in [2.75, 3.05) is 0 Å². The van der Waals surface area contributed by atoms with Crippen LogP contribution < -0.4 is 0 Å². The van der Waals surface area contributed by atoms with Gasteiger partial charge in [0.2, 0.25) is 0 Å². The van der Waals surface area contributed by atoms with E-state index >= 15 is 0 Å². The van der Waals surface area contributed by atoms with Crippen LogP contribution in [0.2, 0.25) is 0 Å². The van der Waals surface area contributed by atoms with Gasteiger partial charge in [-0.05, 0) is 5.56 Å². The van der Waals surface area contributed by atoms with Crippen molar-refractivity contribution in [3.63, 3.8) is 0 Å². The molecule has 0 saturated carbocycles. The standard InChI is InChI=1S/C8H8.6CO.2Co/c1-2-8-6-4-3-5-7-8;6*1-2;;/h2-7H,1H2;;;;;;;;. The summed E-state index contributed by atoms with van der Waals surface area (Å²) >= 11 is 0. The van der Waals surface area contributed by atoms with Crippen molar-refractivity contribution in [3.8, 4) is 0 Å². The van der Waals surface area contributed by atoms with E-state index < -0.39 is 0 Å². The van der Waals surface area contributed by atoms with Crippen LogP contribution in [0, 0.1) is 39.9 Å². The Labute approximate surface area is 150 Å². The Hall–Kier alpha value is -1.59. The molecule has 22 heavy (non-hydrogen) atoms. The van der Waals surface area contributed by atoms with Gasteiger partial charge >= 0.3 is 67.8 Å². The maximum Gasteiger partial charge on any atom is 0 e. The van der Waals surface area contributed by atoms with E-state index in [4.69, 9.17) is 27.9 Å². The molecule has 0 spiro atoms. The van der Waals surface area contributed by atoms with Gasteiger partial charge in [0, 0.05) is 33.6 Å². The maximum absolute atomic E-state index is 7.50. The monoisotopic (exact) mass is 390 g/mol. The van der Waals surface area contributed by atoms with Crippen molar-refractivity contribution in [1.82, 2.24) is 0 Å². The molecule has 8 heteroatoms. The summed E-state index contributed by atoms with van der Waals surface area (Å²) in [5.74, 6) is 0. The molecule has 0 unspecified atom stereocenters. The first-order valence-electron chi connectivity index (χ1n) is 3.83. The van der Waals surface area contributed by atoms with Gasteiger partial charge in [0.05, 0.1) is 0 Å². The Morgan fingerprint density at radius 3 is 0.955 bits per heavy atom. The van der Waals surface area contributed by atoms with Crippen LogP contribution in [0.1, 0.15) is 5.56 Å².